The molecule has 0 spiro atoms. The number of rotatable bonds is 3. The standard InChI is InChI=1S/C46H28N4/c1-2-14-31-28-32(25-24-29(31)12-1)44-36-18-5-8-19-38(36)47-46(48-44)50-42-23-11-22-41(43(42)37-27-26-30-13-3-4-15-33(30)45(37)50)49-39-20-9-6-16-34(39)35-17-7-10-21-40(35)49/h1-28H. The van der Waals surface area contributed by atoms with E-state index in [9.17, 15) is 0 Å². The number of fused-ring (bicyclic) bond motifs is 10. The second-order valence-corrected chi connectivity index (χ2v) is 13.0. The number of benzene rings is 8. The lowest BCUT2D eigenvalue weighted by atomic mass is 10.0. The first-order valence-electron chi connectivity index (χ1n) is 17.0. The Bertz CT molecular complexity index is 3110. The van der Waals surface area contributed by atoms with Crippen LogP contribution in [0.1, 0.15) is 0 Å². The molecule has 8 aromatic carbocycles. The van der Waals surface area contributed by atoms with E-state index >= 15 is 0 Å². The SMILES string of the molecule is c1ccc2cc(-c3nc(-n4c5cccc(-n6c7ccccc7c7ccccc76)c5c5ccc6ccccc6c54)nc4ccccc34)ccc2c1. The van der Waals surface area contributed by atoms with Crippen LogP contribution in [0, 0.1) is 0 Å². The van der Waals surface area contributed by atoms with E-state index < -0.39 is 0 Å². The van der Waals surface area contributed by atoms with E-state index in [-0.39, 0.29) is 0 Å². The van der Waals surface area contributed by atoms with Crippen LogP contribution in [0.2, 0.25) is 0 Å². The zero-order chi connectivity index (χ0) is 32.8. The molecule has 11 rings (SSSR count). The Morgan fingerprint density at radius 2 is 1.00 bits per heavy atom. The Morgan fingerprint density at radius 1 is 0.380 bits per heavy atom. The molecule has 0 saturated carbocycles. The molecule has 3 heterocycles. The summed E-state index contributed by atoms with van der Waals surface area (Å²) in [5.74, 6) is 0.655. The predicted octanol–water partition coefficient (Wildman–Crippen LogP) is 11.8. The minimum absolute atomic E-state index is 0.655. The topological polar surface area (TPSA) is 35.6 Å². The maximum absolute atomic E-state index is 5.46. The molecular weight excluding hydrogens is 609 g/mol. The lowest BCUT2D eigenvalue weighted by Gasteiger charge is -2.13. The largest absolute Gasteiger partial charge is 0.309 e. The van der Waals surface area contributed by atoms with Crippen molar-refractivity contribution in [2.24, 2.45) is 0 Å². The molecule has 4 heteroatoms. The summed E-state index contributed by atoms with van der Waals surface area (Å²) in [6.07, 6.45) is 0. The van der Waals surface area contributed by atoms with Gasteiger partial charge < -0.3 is 4.57 Å². The van der Waals surface area contributed by atoms with E-state index in [0.29, 0.717) is 5.95 Å². The lowest BCUT2D eigenvalue weighted by Crippen LogP contribution is -2.04. The summed E-state index contributed by atoms with van der Waals surface area (Å²) in [6.45, 7) is 0. The van der Waals surface area contributed by atoms with E-state index in [1.165, 1.54) is 54.1 Å². The quantitative estimate of drug-likeness (QED) is 0.193. The van der Waals surface area contributed by atoms with Crippen molar-refractivity contribution in [2.45, 2.75) is 0 Å². The molecule has 0 radical (unpaired) electrons. The van der Waals surface area contributed by atoms with Crippen molar-refractivity contribution in [1.29, 1.82) is 0 Å². The summed E-state index contributed by atoms with van der Waals surface area (Å²) in [5, 5.41) is 10.6. The molecule has 0 bridgehead atoms. The third-order valence-corrected chi connectivity index (χ3v) is 10.3. The smallest absolute Gasteiger partial charge is 0.235 e. The molecule has 3 aromatic heterocycles. The van der Waals surface area contributed by atoms with Gasteiger partial charge in [0.15, 0.2) is 0 Å². The second kappa shape index (κ2) is 10.4. The van der Waals surface area contributed by atoms with Gasteiger partial charge in [-0.25, -0.2) is 9.97 Å². The molecule has 0 saturated heterocycles. The van der Waals surface area contributed by atoms with E-state index in [0.717, 1.165) is 38.9 Å². The van der Waals surface area contributed by atoms with Crippen molar-refractivity contribution in [3.8, 4) is 22.9 Å². The van der Waals surface area contributed by atoms with Crippen LogP contribution in [0.25, 0.3) is 99.0 Å². The molecule has 0 N–H and O–H groups in total. The highest BCUT2D eigenvalue weighted by atomic mass is 15.2. The van der Waals surface area contributed by atoms with E-state index in [1.807, 2.05) is 0 Å². The Balaban J connectivity index is 1.29. The molecule has 0 aliphatic heterocycles. The molecule has 0 aliphatic carbocycles. The van der Waals surface area contributed by atoms with Gasteiger partial charge in [0.25, 0.3) is 0 Å². The second-order valence-electron chi connectivity index (χ2n) is 13.0. The predicted molar refractivity (Wildman–Crippen MR) is 209 cm³/mol. The van der Waals surface area contributed by atoms with Gasteiger partial charge in [0.05, 0.1) is 39.0 Å². The number of aromatic nitrogens is 4. The van der Waals surface area contributed by atoms with E-state index in [4.69, 9.17) is 9.97 Å². The molecule has 0 amide bonds. The molecule has 0 fully saturated rings. The average Bonchev–Trinajstić information content (AvgIpc) is 3.71. The maximum atomic E-state index is 5.46. The fraction of sp³-hybridized carbons (Fsp3) is 0. The monoisotopic (exact) mass is 636 g/mol. The normalized spacial score (nSPS) is 12.0. The van der Waals surface area contributed by atoms with E-state index in [2.05, 4.69) is 179 Å². The summed E-state index contributed by atoms with van der Waals surface area (Å²) in [4.78, 5) is 10.8. The minimum Gasteiger partial charge on any atom is -0.309 e. The van der Waals surface area contributed by atoms with Crippen molar-refractivity contribution in [1.82, 2.24) is 19.1 Å². The van der Waals surface area contributed by atoms with Crippen LogP contribution in [0.3, 0.4) is 0 Å². The first-order chi connectivity index (χ1) is 24.8. The zero-order valence-corrected chi connectivity index (χ0v) is 27.0. The highest BCUT2D eigenvalue weighted by molar-refractivity contribution is 6.22. The summed E-state index contributed by atoms with van der Waals surface area (Å²) < 4.78 is 4.72. The van der Waals surface area contributed by atoms with Gasteiger partial charge in [0.1, 0.15) is 0 Å². The van der Waals surface area contributed by atoms with Crippen molar-refractivity contribution in [3.63, 3.8) is 0 Å². The molecule has 0 aliphatic rings. The first kappa shape index (κ1) is 27.2. The van der Waals surface area contributed by atoms with Gasteiger partial charge in [-0.3, -0.25) is 4.57 Å². The molecule has 0 atom stereocenters. The minimum atomic E-state index is 0.655. The van der Waals surface area contributed by atoms with Crippen molar-refractivity contribution < 1.29 is 0 Å². The molecule has 232 valence electrons. The van der Waals surface area contributed by atoms with E-state index in [1.54, 1.807) is 0 Å². The summed E-state index contributed by atoms with van der Waals surface area (Å²) in [7, 11) is 0. The Morgan fingerprint density at radius 3 is 1.80 bits per heavy atom. The number of para-hydroxylation sites is 3. The molecule has 11 aromatic rings. The Labute approximate surface area is 287 Å². The van der Waals surface area contributed by atoms with Gasteiger partial charge in [-0.05, 0) is 52.6 Å². The summed E-state index contributed by atoms with van der Waals surface area (Å²) >= 11 is 0. The lowest BCUT2D eigenvalue weighted by molar-refractivity contribution is 1.02. The van der Waals surface area contributed by atoms with Crippen LogP contribution in [0.15, 0.2) is 170 Å². The number of hydrogen-bond acceptors (Lipinski definition) is 2. The van der Waals surface area contributed by atoms with Crippen LogP contribution >= 0.6 is 0 Å². The van der Waals surface area contributed by atoms with Crippen LogP contribution < -0.4 is 0 Å². The third-order valence-electron chi connectivity index (χ3n) is 10.3. The van der Waals surface area contributed by atoms with Crippen LogP contribution in [-0.4, -0.2) is 19.1 Å². The fourth-order valence-corrected chi connectivity index (χ4v) is 8.11. The van der Waals surface area contributed by atoms with Gasteiger partial charge in [0, 0.05) is 37.9 Å². The molecular formula is C46H28N4. The average molecular weight is 637 g/mol. The van der Waals surface area contributed by atoms with Gasteiger partial charge in [0.2, 0.25) is 5.95 Å². The van der Waals surface area contributed by atoms with Gasteiger partial charge >= 0.3 is 0 Å². The third kappa shape index (κ3) is 3.81. The fourth-order valence-electron chi connectivity index (χ4n) is 8.11. The van der Waals surface area contributed by atoms with Crippen LogP contribution in [-0.2, 0) is 0 Å². The zero-order valence-electron chi connectivity index (χ0n) is 27.0. The van der Waals surface area contributed by atoms with Crippen molar-refractivity contribution in [2.75, 3.05) is 0 Å². The van der Waals surface area contributed by atoms with Crippen molar-refractivity contribution >= 4 is 76.1 Å². The highest BCUT2D eigenvalue weighted by Crippen LogP contribution is 2.42. The Kier molecular flexibility index (Phi) is 5.63. The summed E-state index contributed by atoms with van der Waals surface area (Å²) in [5.41, 5.74) is 8.57. The van der Waals surface area contributed by atoms with Gasteiger partial charge in [-0.1, -0.05) is 133 Å². The molecule has 50 heavy (non-hydrogen) atoms. The number of nitrogens with zero attached hydrogens (tertiary/aromatic N) is 4. The van der Waals surface area contributed by atoms with Crippen molar-refractivity contribution in [3.05, 3.63) is 170 Å². The van der Waals surface area contributed by atoms with Crippen LogP contribution in [0.5, 0.6) is 0 Å². The first-order valence-corrected chi connectivity index (χ1v) is 17.0. The highest BCUT2D eigenvalue weighted by Gasteiger charge is 2.23. The van der Waals surface area contributed by atoms with Gasteiger partial charge in [-0.2, -0.15) is 0 Å². The van der Waals surface area contributed by atoms with Crippen LogP contribution in [0.4, 0.5) is 0 Å². The maximum Gasteiger partial charge on any atom is 0.235 e. The molecule has 0 unspecified atom stereocenters. The Hall–Kier alpha value is -6.78. The van der Waals surface area contributed by atoms with Gasteiger partial charge in [-0.15, -0.1) is 0 Å². The number of hydrogen-bond donors (Lipinski definition) is 0. The summed E-state index contributed by atoms with van der Waals surface area (Å²) in [6, 6.07) is 60.7. The molecule has 4 nitrogen and oxygen atoms in total.